The molecular formula is C11H16NO2Si. The maximum atomic E-state index is 5.53. The topological polar surface area (TPSA) is 30.5 Å². The number of hydrogen-bond donors (Lipinski definition) is 1. The molecule has 0 bridgehead atoms. The molecule has 1 aliphatic heterocycles. The summed E-state index contributed by atoms with van der Waals surface area (Å²) in [4.78, 5) is 0. The lowest BCUT2D eigenvalue weighted by Crippen LogP contribution is -2.58. The van der Waals surface area contributed by atoms with E-state index in [1.165, 1.54) is 5.19 Å². The molecule has 0 aromatic heterocycles. The van der Waals surface area contributed by atoms with E-state index in [0.29, 0.717) is 0 Å². The number of methoxy groups -OCH3 is 2. The fourth-order valence-corrected chi connectivity index (χ4v) is 4.87. The number of nitrogens with one attached hydrogen (secondary N) is 1. The molecular weight excluding hydrogens is 206 g/mol. The summed E-state index contributed by atoms with van der Waals surface area (Å²) in [5, 5.41) is 4.68. The summed E-state index contributed by atoms with van der Waals surface area (Å²) in [5.74, 6) is 0. The minimum absolute atomic E-state index is 0.550. The Morgan fingerprint density at radius 3 is 2.47 bits per heavy atom. The van der Waals surface area contributed by atoms with Crippen molar-refractivity contribution in [2.24, 2.45) is 0 Å². The van der Waals surface area contributed by atoms with Crippen LogP contribution < -0.4 is 10.5 Å². The lowest BCUT2D eigenvalue weighted by Gasteiger charge is -2.31. The highest BCUT2D eigenvalue weighted by Gasteiger charge is 2.46. The summed E-state index contributed by atoms with van der Waals surface area (Å²) in [6.07, 6.45) is 0. The zero-order valence-electron chi connectivity index (χ0n) is 9.12. The van der Waals surface area contributed by atoms with Gasteiger partial charge >= 0.3 is 0 Å². The quantitative estimate of drug-likeness (QED) is 0.596. The van der Waals surface area contributed by atoms with Crippen LogP contribution in [0, 0.1) is 0 Å². The summed E-state index contributed by atoms with van der Waals surface area (Å²) >= 11 is 0. The minimum atomic E-state index is -0.845. The van der Waals surface area contributed by atoms with Crippen LogP contribution in [0.3, 0.4) is 0 Å². The maximum Gasteiger partial charge on any atom is 0.207 e. The van der Waals surface area contributed by atoms with Gasteiger partial charge in [-0.3, -0.25) is 5.32 Å². The summed E-state index contributed by atoms with van der Waals surface area (Å²) in [7, 11) is 2.56. The molecule has 1 aliphatic rings. The van der Waals surface area contributed by atoms with Crippen molar-refractivity contribution in [1.29, 1.82) is 0 Å². The number of rotatable bonds is 3. The number of benzene rings is 1. The smallest absolute Gasteiger partial charge is 0.207 e. The van der Waals surface area contributed by atoms with Crippen molar-refractivity contribution in [1.82, 2.24) is 5.32 Å². The lowest BCUT2D eigenvalue weighted by molar-refractivity contribution is -0.161. The third-order valence-electron chi connectivity index (χ3n) is 2.83. The van der Waals surface area contributed by atoms with Gasteiger partial charge in [-0.1, -0.05) is 35.5 Å². The Hall–Kier alpha value is -0.683. The molecule has 0 amide bonds. The molecule has 1 saturated heterocycles. The van der Waals surface area contributed by atoms with Crippen LogP contribution in [0.15, 0.2) is 30.3 Å². The standard InChI is InChI=1S/C11H16NO2Si/c1-13-11(14-2)12-8-9-15(11)10-6-4-3-5-7-10/h3-7,12H,8-9H2,1-2H3. The first-order valence-corrected chi connectivity index (χ1v) is 6.80. The molecule has 1 aromatic carbocycles. The molecule has 1 aromatic rings. The van der Waals surface area contributed by atoms with Crippen molar-refractivity contribution in [2.75, 3.05) is 20.8 Å². The van der Waals surface area contributed by atoms with E-state index >= 15 is 0 Å². The lowest BCUT2D eigenvalue weighted by atomic mass is 10.4. The highest BCUT2D eigenvalue weighted by molar-refractivity contribution is 6.76. The average Bonchev–Trinajstić information content (AvgIpc) is 2.74. The van der Waals surface area contributed by atoms with Crippen molar-refractivity contribution in [2.45, 2.75) is 11.6 Å². The highest BCUT2D eigenvalue weighted by atomic mass is 28.3. The van der Waals surface area contributed by atoms with Crippen molar-refractivity contribution in [3.63, 3.8) is 0 Å². The molecule has 1 radical (unpaired) electrons. The predicted molar refractivity (Wildman–Crippen MR) is 61.4 cm³/mol. The molecule has 1 fully saturated rings. The van der Waals surface area contributed by atoms with Crippen LogP contribution in [0.1, 0.15) is 0 Å². The second-order valence-electron chi connectivity index (χ2n) is 3.55. The molecule has 0 atom stereocenters. The van der Waals surface area contributed by atoms with Gasteiger partial charge in [0.05, 0.1) is 0 Å². The van der Waals surface area contributed by atoms with E-state index in [2.05, 4.69) is 29.6 Å². The van der Waals surface area contributed by atoms with E-state index in [4.69, 9.17) is 9.47 Å². The molecule has 0 saturated carbocycles. The van der Waals surface area contributed by atoms with Gasteiger partial charge in [0.2, 0.25) is 5.53 Å². The van der Waals surface area contributed by atoms with Gasteiger partial charge in [0, 0.05) is 14.2 Å². The zero-order valence-corrected chi connectivity index (χ0v) is 10.1. The largest absolute Gasteiger partial charge is 0.344 e. The Bertz CT molecular complexity index is 314. The SMILES string of the molecule is COC1(OC)NCC[Si]1c1ccccc1. The first kappa shape index (κ1) is 10.8. The maximum absolute atomic E-state index is 5.53. The first-order chi connectivity index (χ1) is 7.32. The highest BCUT2D eigenvalue weighted by Crippen LogP contribution is 2.20. The monoisotopic (exact) mass is 222 g/mol. The van der Waals surface area contributed by atoms with E-state index in [1.54, 1.807) is 14.2 Å². The van der Waals surface area contributed by atoms with Gasteiger partial charge in [-0.15, -0.1) is 0 Å². The minimum Gasteiger partial charge on any atom is -0.344 e. The third kappa shape index (κ3) is 1.86. The molecule has 4 heteroatoms. The fraction of sp³-hybridized carbons (Fsp3) is 0.455. The van der Waals surface area contributed by atoms with Gasteiger partial charge in [0.1, 0.15) is 0 Å². The van der Waals surface area contributed by atoms with Crippen LogP contribution in [-0.4, -0.2) is 35.1 Å². The van der Waals surface area contributed by atoms with Gasteiger partial charge in [-0.2, -0.15) is 0 Å². The average molecular weight is 222 g/mol. The van der Waals surface area contributed by atoms with Gasteiger partial charge in [-0.05, 0) is 12.6 Å². The van der Waals surface area contributed by atoms with E-state index in [-0.39, 0.29) is 0 Å². The Morgan fingerprint density at radius 1 is 1.20 bits per heavy atom. The normalized spacial score (nSPS) is 20.7. The van der Waals surface area contributed by atoms with Crippen LogP contribution in [0.5, 0.6) is 0 Å². The van der Waals surface area contributed by atoms with Crippen LogP contribution in [-0.2, 0) is 9.47 Å². The second-order valence-corrected chi connectivity index (χ2v) is 6.24. The Labute approximate surface area is 92.0 Å². The number of hydrogen-bond acceptors (Lipinski definition) is 3. The fourth-order valence-electron chi connectivity index (χ4n) is 2.07. The Kier molecular flexibility index (Phi) is 3.21. The molecule has 2 rings (SSSR count). The van der Waals surface area contributed by atoms with Crippen LogP contribution in [0.25, 0.3) is 0 Å². The summed E-state index contributed by atoms with van der Waals surface area (Å²) < 4.78 is 11.1. The first-order valence-electron chi connectivity index (χ1n) is 5.09. The van der Waals surface area contributed by atoms with E-state index in [1.807, 2.05) is 6.07 Å². The zero-order chi connectivity index (χ0) is 10.7. The van der Waals surface area contributed by atoms with E-state index in [0.717, 1.165) is 12.6 Å². The Balaban J connectivity index is 2.29. The van der Waals surface area contributed by atoms with Crippen molar-refractivity contribution < 1.29 is 9.47 Å². The van der Waals surface area contributed by atoms with Crippen LogP contribution in [0.4, 0.5) is 0 Å². The molecule has 1 N–H and O–H groups in total. The summed E-state index contributed by atoms with van der Waals surface area (Å²) in [6.45, 7) is 0.963. The predicted octanol–water partition coefficient (Wildman–Crippen LogP) is 0.477. The van der Waals surface area contributed by atoms with E-state index < -0.39 is 14.3 Å². The molecule has 15 heavy (non-hydrogen) atoms. The third-order valence-corrected chi connectivity index (χ3v) is 5.99. The summed E-state index contributed by atoms with van der Waals surface area (Å²) in [6, 6.07) is 11.6. The van der Waals surface area contributed by atoms with Crippen LogP contribution >= 0.6 is 0 Å². The van der Waals surface area contributed by atoms with Gasteiger partial charge in [0.25, 0.3) is 0 Å². The molecule has 0 unspecified atom stereocenters. The van der Waals surface area contributed by atoms with Crippen LogP contribution in [0.2, 0.25) is 6.04 Å². The second kappa shape index (κ2) is 4.45. The summed E-state index contributed by atoms with van der Waals surface area (Å²) in [5.41, 5.74) is -0.550. The van der Waals surface area contributed by atoms with E-state index in [9.17, 15) is 0 Å². The molecule has 1 heterocycles. The van der Waals surface area contributed by atoms with Gasteiger partial charge in [0.15, 0.2) is 8.80 Å². The molecule has 3 nitrogen and oxygen atoms in total. The molecule has 0 aliphatic carbocycles. The van der Waals surface area contributed by atoms with Crippen molar-refractivity contribution >= 4 is 14.0 Å². The molecule has 0 spiro atoms. The molecule has 81 valence electrons. The Morgan fingerprint density at radius 2 is 1.87 bits per heavy atom. The van der Waals surface area contributed by atoms with Crippen molar-refractivity contribution in [3.8, 4) is 0 Å². The van der Waals surface area contributed by atoms with Gasteiger partial charge in [-0.25, -0.2) is 0 Å². The van der Waals surface area contributed by atoms with Crippen molar-refractivity contribution in [3.05, 3.63) is 30.3 Å². The number of ether oxygens (including phenoxy) is 2. The van der Waals surface area contributed by atoms with Gasteiger partial charge < -0.3 is 9.47 Å².